The number of sulfonamides is 1. The molecule has 0 bridgehead atoms. The highest BCUT2D eigenvalue weighted by Crippen LogP contribution is 2.47. The monoisotopic (exact) mass is 449 g/mol. The van der Waals surface area contributed by atoms with Gasteiger partial charge in [-0.25, -0.2) is 13.2 Å². The van der Waals surface area contributed by atoms with Crippen molar-refractivity contribution in [3.8, 4) is 16.9 Å². The van der Waals surface area contributed by atoms with Crippen LogP contribution in [0.3, 0.4) is 0 Å². The normalized spacial score (nSPS) is 15.9. The number of phenols is 1. The summed E-state index contributed by atoms with van der Waals surface area (Å²) in [6.45, 7) is 5.60. The second kappa shape index (κ2) is 8.26. The van der Waals surface area contributed by atoms with Crippen molar-refractivity contribution in [2.45, 2.75) is 24.4 Å². The molecule has 0 saturated carbocycles. The molecule has 3 aromatic carbocycles. The number of aryl methyl sites for hydroxylation is 1. The predicted molar refractivity (Wildman–Crippen MR) is 121 cm³/mol. The SMILES string of the molecule is C=C(C(=O)OC)C1c2ccc(-c3ccccc3)c(O)c2CN1S(=O)(=O)c1ccc(C)cc1. The van der Waals surface area contributed by atoms with Crippen LogP contribution in [0.4, 0.5) is 0 Å². The summed E-state index contributed by atoms with van der Waals surface area (Å²) in [6, 6.07) is 18.3. The van der Waals surface area contributed by atoms with Gasteiger partial charge in [-0.3, -0.25) is 0 Å². The van der Waals surface area contributed by atoms with Crippen LogP contribution in [0.1, 0.15) is 22.7 Å². The molecule has 1 aliphatic rings. The Hall–Kier alpha value is -3.42. The minimum Gasteiger partial charge on any atom is -0.507 e. The van der Waals surface area contributed by atoms with E-state index in [9.17, 15) is 18.3 Å². The van der Waals surface area contributed by atoms with E-state index in [0.29, 0.717) is 16.7 Å². The lowest BCUT2D eigenvalue weighted by Gasteiger charge is -2.25. The first-order valence-corrected chi connectivity index (χ1v) is 11.5. The summed E-state index contributed by atoms with van der Waals surface area (Å²) in [5, 5.41) is 11.1. The zero-order chi connectivity index (χ0) is 23.0. The van der Waals surface area contributed by atoms with Crippen LogP contribution in [-0.2, 0) is 26.1 Å². The van der Waals surface area contributed by atoms with Gasteiger partial charge in [0.05, 0.1) is 23.6 Å². The molecular formula is C25H23NO5S. The van der Waals surface area contributed by atoms with Crippen LogP contribution in [0.5, 0.6) is 5.75 Å². The molecule has 1 heterocycles. The number of carbonyl (C=O) groups is 1. The lowest BCUT2D eigenvalue weighted by atomic mass is 9.94. The first-order chi connectivity index (χ1) is 15.3. The maximum Gasteiger partial charge on any atom is 0.335 e. The number of hydrogen-bond donors (Lipinski definition) is 1. The molecule has 0 saturated heterocycles. The summed E-state index contributed by atoms with van der Waals surface area (Å²) in [6.07, 6.45) is 0. The van der Waals surface area contributed by atoms with E-state index in [4.69, 9.17) is 4.74 Å². The van der Waals surface area contributed by atoms with Crippen LogP contribution < -0.4 is 0 Å². The van der Waals surface area contributed by atoms with Crippen molar-refractivity contribution in [1.82, 2.24) is 4.31 Å². The maximum absolute atomic E-state index is 13.6. The minimum atomic E-state index is -4.00. The Balaban J connectivity index is 1.86. The Morgan fingerprint density at radius 1 is 1.06 bits per heavy atom. The van der Waals surface area contributed by atoms with Crippen LogP contribution in [0.25, 0.3) is 11.1 Å². The smallest absolute Gasteiger partial charge is 0.335 e. The topological polar surface area (TPSA) is 83.9 Å². The largest absolute Gasteiger partial charge is 0.507 e. The third-order valence-corrected chi connectivity index (χ3v) is 7.53. The summed E-state index contributed by atoms with van der Waals surface area (Å²) in [5.74, 6) is -0.725. The Morgan fingerprint density at radius 2 is 1.72 bits per heavy atom. The summed E-state index contributed by atoms with van der Waals surface area (Å²) in [4.78, 5) is 12.4. The van der Waals surface area contributed by atoms with E-state index in [0.717, 1.165) is 11.1 Å². The summed E-state index contributed by atoms with van der Waals surface area (Å²) in [5.41, 5.74) is 3.24. The van der Waals surface area contributed by atoms with Gasteiger partial charge in [0.2, 0.25) is 10.0 Å². The zero-order valence-electron chi connectivity index (χ0n) is 17.8. The molecule has 4 rings (SSSR count). The van der Waals surface area contributed by atoms with Gasteiger partial charge in [0.15, 0.2) is 0 Å². The molecule has 0 aliphatic carbocycles. The number of phenolic OH excluding ortho intramolecular Hbond substituents is 1. The molecule has 1 aliphatic heterocycles. The van der Waals surface area contributed by atoms with Gasteiger partial charge in [0, 0.05) is 17.7 Å². The van der Waals surface area contributed by atoms with E-state index in [1.54, 1.807) is 24.3 Å². The summed E-state index contributed by atoms with van der Waals surface area (Å²) < 4.78 is 33.1. The van der Waals surface area contributed by atoms with Crippen LogP contribution in [0.2, 0.25) is 0 Å². The van der Waals surface area contributed by atoms with Crippen molar-refractivity contribution in [3.05, 3.63) is 95.6 Å². The van der Waals surface area contributed by atoms with E-state index in [2.05, 4.69) is 6.58 Å². The van der Waals surface area contributed by atoms with Gasteiger partial charge in [-0.1, -0.05) is 66.7 Å². The number of esters is 1. The molecule has 0 aromatic heterocycles. The van der Waals surface area contributed by atoms with Gasteiger partial charge < -0.3 is 9.84 Å². The van der Waals surface area contributed by atoms with Gasteiger partial charge >= 0.3 is 5.97 Å². The summed E-state index contributed by atoms with van der Waals surface area (Å²) in [7, 11) is -2.78. The third kappa shape index (κ3) is 3.59. The van der Waals surface area contributed by atoms with Gasteiger partial charge in [-0.2, -0.15) is 4.31 Å². The fraction of sp³-hybridized carbons (Fsp3) is 0.160. The summed E-state index contributed by atoms with van der Waals surface area (Å²) >= 11 is 0. The lowest BCUT2D eigenvalue weighted by Crippen LogP contribution is -2.32. The van der Waals surface area contributed by atoms with E-state index in [1.807, 2.05) is 37.3 Å². The van der Waals surface area contributed by atoms with Crippen molar-refractivity contribution in [1.29, 1.82) is 0 Å². The second-order valence-electron chi connectivity index (χ2n) is 7.68. The highest BCUT2D eigenvalue weighted by atomic mass is 32.2. The molecule has 1 unspecified atom stereocenters. The van der Waals surface area contributed by atoms with Gasteiger partial charge in [0.1, 0.15) is 5.75 Å². The van der Waals surface area contributed by atoms with E-state index in [1.165, 1.54) is 23.5 Å². The lowest BCUT2D eigenvalue weighted by molar-refractivity contribution is -0.136. The quantitative estimate of drug-likeness (QED) is 0.463. The Morgan fingerprint density at radius 3 is 2.34 bits per heavy atom. The van der Waals surface area contributed by atoms with Crippen LogP contribution in [0, 0.1) is 6.92 Å². The molecule has 32 heavy (non-hydrogen) atoms. The Labute approximate surface area is 187 Å². The number of benzene rings is 3. The molecule has 3 aromatic rings. The molecule has 0 amide bonds. The number of carbonyl (C=O) groups excluding carboxylic acids is 1. The van der Waals surface area contributed by atoms with Crippen molar-refractivity contribution in [2.24, 2.45) is 0 Å². The number of aromatic hydroxyl groups is 1. The molecule has 0 fully saturated rings. The maximum atomic E-state index is 13.6. The Bertz CT molecular complexity index is 1300. The molecule has 1 atom stereocenters. The number of ether oxygens (including phenoxy) is 1. The average Bonchev–Trinajstić information content (AvgIpc) is 3.20. The number of nitrogens with zero attached hydrogens (tertiary/aromatic N) is 1. The van der Waals surface area contributed by atoms with Crippen molar-refractivity contribution < 1.29 is 23.1 Å². The van der Waals surface area contributed by atoms with Gasteiger partial charge in [0.25, 0.3) is 0 Å². The van der Waals surface area contributed by atoms with Crippen molar-refractivity contribution in [2.75, 3.05) is 7.11 Å². The van der Waals surface area contributed by atoms with Crippen LogP contribution >= 0.6 is 0 Å². The molecule has 7 heteroatoms. The highest BCUT2D eigenvalue weighted by Gasteiger charge is 2.43. The predicted octanol–water partition coefficient (Wildman–Crippen LogP) is 4.34. The molecule has 1 N–H and O–H groups in total. The average molecular weight is 450 g/mol. The fourth-order valence-electron chi connectivity index (χ4n) is 4.00. The van der Waals surface area contributed by atoms with Crippen molar-refractivity contribution in [3.63, 3.8) is 0 Å². The first-order valence-electron chi connectivity index (χ1n) is 10.0. The van der Waals surface area contributed by atoms with Gasteiger partial charge in [-0.05, 0) is 30.2 Å². The molecule has 164 valence electrons. The zero-order valence-corrected chi connectivity index (χ0v) is 18.6. The second-order valence-corrected chi connectivity index (χ2v) is 9.57. The molecule has 0 spiro atoms. The number of fused-ring (bicyclic) bond motifs is 1. The number of methoxy groups -OCH3 is 1. The molecular weight excluding hydrogens is 426 g/mol. The van der Waals surface area contributed by atoms with Crippen LogP contribution in [-0.4, -0.2) is 30.9 Å². The van der Waals surface area contributed by atoms with E-state index >= 15 is 0 Å². The fourth-order valence-corrected chi connectivity index (χ4v) is 5.57. The minimum absolute atomic E-state index is 0.0158. The molecule has 0 radical (unpaired) electrons. The molecule has 6 nitrogen and oxygen atoms in total. The van der Waals surface area contributed by atoms with Gasteiger partial charge in [-0.15, -0.1) is 0 Å². The number of hydrogen-bond acceptors (Lipinski definition) is 5. The standard InChI is InChI=1S/C25H23NO5S/c1-16-9-11-19(12-10-16)32(29,30)26-15-22-21(23(26)17(2)25(28)31-3)14-13-20(24(22)27)18-7-5-4-6-8-18/h4-14,23,27H,2,15H2,1,3H3. The number of rotatable bonds is 5. The van der Waals surface area contributed by atoms with E-state index < -0.39 is 22.0 Å². The van der Waals surface area contributed by atoms with Crippen LogP contribution in [0.15, 0.2) is 83.8 Å². The third-order valence-electron chi connectivity index (χ3n) is 5.71. The highest BCUT2D eigenvalue weighted by molar-refractivity contribution is 7.89. The van der Waals surface area contributed by atoms with E-state index in [-0.39, 0.29) is 22.8 Å². The van der Waals surface area contributed by atoms with Crippen molar-refractivity contribution >= 4 is 16.0 Å². The first kappa shape index (κ1) is 21.8. The Kier molecular flexibility index (Phi) is 5.62.